The van der Waals surface area contributed by atoms with Crippen molar-refractivity contribution >= 4 is 9.84 Å². The second-order valence-electron chi connectivity index (χ2n) is 5.43. The predicted octanol–water partition coefficient (Wildman–Crippen LogP) is -0.757. The molecule has 1 aliphatic heterocycles. The van der Waals surface area contributed by atoms with Gasteiger partial charge in [0.2, 0.25) is 0 Å². The van der Waals surface area contributed by atoms with Crippen LogP contribution in [0.1, 0.15) is 27.2 Å². The first-order valence-electron chi connectivity index (χ1n) is 6.75. The Kier molecular flexibility index (Phi) is 3.42. The van der Waals surface area contributed by atoms with E-state index >= 15 is 0 Å². The Morgan fingerprint density at radius 3 is 2.80 bits per heavy atom. The van der Waals surface area contributed by atoms with E-state index in [-0.39, 0.29) is 11.7 Å². The number of halogens is 2. The van der Waals surface area contributed by atoms with Crippen molar-refractivity contribution in [1.82, 2.24) is 5.32 Å². The summed E-state index contributed by atoms with van der Waals surface area (Å²) in [6, 6.07) is 0. The molecule has 3 aliphatic rings. The van der Waals surface area contributed by atoms with Crippen LogP contribution in [0.2, 0.25) is 0 Å². The molecule has 1 heterocycles. The number of fused-ring (bicyclic) bond motifs is 1. The van der Waals surface area contributed by atoms with Gasteiger partial charge in [-0.15, -0.1) is 0 Å². The molecule has 0 unspecified atom stereocenters. The first-order chi connectivity index (χ1) is 9.34. The summed E-state index contributed by atoms with van der Waals surface area (Å²) < 4.78 is 39.4. The minimum atomic E-state index is -3.34. The maximum absolute atomic E-state index is 13.6. The summed E-state index contributed by atoms with van der Waals surface area (Å²) in [5, 5.41) is 3.29. The molecule has 20 heavy (non-hydrogen) atoms. The van der Waals surface area contributed by atoms with E-state index in [9.17, 15) is 12.8 Å². The van der Waals surface area contributed by atoms with Crippen LogP contribution in [0.3, 0.4) is 0 Å². The van der Waals surface area contributed by atoms with Crippen LogP contribution in [-0.2, 0) is 9.84 Å². The first-order valence-corrected chi connectivity index (χ1v) is 10.6. The molecular weight excluding hydrogens is 392 g/mol. The summed E-state index contributed by atoms with van der Waals surface area (Å²) in [6.07, 6.45) is 3.71. The summed E-state index contributed by atoms with van der Waals surface area (Å²) in [7, 11) is -3.34. The van der Waals surface area contributed by atoms with Crippen molar-refractivity contribution in [3.05, 3.63) is 34.0 Å². The van der Waals surface area contributed by atoms with Crippen molar-refractivity contribution in [2.24, 2.45) is 5.92 Å². The van der Waals surface area contributed by atoms with Crippen LogP contribution in [0, 0.1) is 5.92 Å². The molecule has 0 amide bonds. The number of hydrogen-bond donors (Lipinski definition) is 1. The van der Waals surface area contributed by atoms with Gasteiger partial charge in [-0.25, -0.2) is 0 Å². The van der Waals surface area contributed by atoms with Gasteiger partial charge in [0.05, 0.1) is 0 Å². The maximum atomic E-state index is 13.6. The van der Waals surface area contributed by atoms with Crippen LogP contribution in [0.15, 0.2) is 34.0 Å². The molecule has 6 heteroatoms. The fraction of sp³-hybridized carbons (Fsp3) is 0.571. The molecule has 2 aliphatic carbocycles. The zero-order valence-electron chi connectivity index (χ0n) is 11.7. The Bertz CT molecular complexity index is 665. The molecule has 1 fully saturated rings. The molecule has 3 atom stereocenters. The van der Waals surface area contributed by atoms with Gasteiger partial charge in [0.25, 0.3) is 0 Å². The molecule has 1 saturated heterocycles. The second-order valence-corrected chi connectivity index (χ2v) is 13.0. The van der Waals surface area contributed by atoms with Crippen molar-refractivity contribution in [1.29, 1.82) is 0 Å². The third kappa shape index (κ3) is 1.87. The number of allylic oxidation sites excluding steroid dienone is 6. The van der Waals surface area contributed by atoms with Crippen LogP contribution in [0.4, 0.5) is 4.39 Å². The fourth-order valence-electron chi connectivity index (χ4n) is 2.98. The first kappa shape index (κ1) is 14.7. The summed E-state index contributed by atoms with van der Waals surface area (Å²) in [6.45, 7) is 6.22. The summed E-state index contributed by atoms with van der Waals surface area (Å²) in [5.41, 5.74) is 1.21. The molecule has 0 radical (unpaired) electrons. The van der Waals surface area contributed by atoms with Crippen molar-refractivity contribution in [2.45, 2.75) is 34.0 Å². The zero-order valence-corrected chi connectivity index (χ0v) is 14.7. The van der Waals surface area contributed by atoms with Gasteiger partial charge >= 0.3 is 130 Å². The van der Waals surface area contributed by atoms with E-state index < -0.39 is 33.8 Å². The molecule has 0 bridgehead atoms. The third-order valence-electron chi connectivity index (χ3n) is 4.28. The molecule has 0 spiro atoms. The molecule has 3 rings (SSSR count). The van der Waals surface area contributed by atoms with Crippen LogP contribution in [0.5, 0.6) is 0 Å². The van der Waals surface area contributed by atoms with E-state index in [1.165, 1.54) is 6.08 Å². The topological polar surface area (TPSA) is 46.2 Å². The number of alkyl halides is 2. The molecule has 1 N–H and O–H groups in total. The standard InChI is InChI=1S/C14H18FINO2S/c1-4-14(7-17-9(3)16-14)20(18,19)13-10-5-6-11(15)8(2)12(10)13/h5-6,9-10,17H,4,7H2,1-3H3/q-1/t9-,10-,14+/m0/s1. The average Bonchev–Trinajstić information content (AvgIpc) is 3.03. The Morgan fingerprint density at radius 2 is 2.25 bits per heavy atom. The van der Waals surface area contributed by atoms with Crippen molar-refractivity contribution in [3.8, 4) is 0 Å². The van der Waals surface area contributed by atoms with Crippen LogP contribution in [-0.4, -0.2) is 21.8 Å². The Hall–Kier alpha value is -0.210. The number of nitrogens with one attached hydrogen (secondary N) is 1. The van der Waals surface area contributed by atoms with E-state index in [0.29, 0.717) is 33.1 Å². The number of sulfone groups is 1. The van der Waals surface area contributed by atoms with Crippen LogP contribution < -0.4 is 26.5 Å². The summed E-state index contributed by atoms with van der Waals surface area (Å²) in [4.78, 5) is 0.483. The Balaban J connectivity index is 2.04. The molecule has 3 nitrogen and oxygen atoms in total. The van der Waals surface area contributed by atoms with Crippen molar-refractivity contribution < 1.29 is 34.0 Å². The summed E-state index contributed by atoms with van der Waals surface area (Å²) in [5.74, 6) is -0.470. The van der Waals surface area contributed by atoms with Crippen molar-refractivity contribution in [3.63, 3.8) is 0 Å². The predicted molar refractivity (Wildman–Crippen MR) is 72.9 cm³/mol. The molecule has 0 saturated carbocycles. The zero-order chi connectivity index (χ0) is 14.7. The van der Waals surface area contributed by atoms with Gasteiger partial charge < -0.3 is 0 Å². The second kappa shape index (κ2) is 4.64. The SMILES string of the molecule is CC[C@@]1(S(=O)(=O)C2=C3C(C)=C(F)C=C[C@@H]32)CN[C@@H](C)[I-]1. The van der Waals surface area contributed by atoms with Gasteiger partial charge in [-0.05, 0) is 0 Å². The van der Waals surface area contributed by atoms with Gasteiger partial charge in [-0.2, -0.15) is 0 Å². The van der Waals surface area contributed by atoms with Crippen LogP contribution >= 0.6 is 0 Å². The normalized spacial score (nSPS) is 37.0. The number of rotatable bonds is 3. The summed E-state index contributed by atoms with van der Waals surface area (Å²) >= 11 is -0.479. The van der Waals surface area contributed by atoms with E-state index in [0.717, 1.165) is 0 Å². The van der Waals surface area contributed by atoms with Gasteiger partial charge in [-0.1, -0.05) is 0 Å². The number of hydrogen-bond acceptors (Lipinski definition) is 3. The van der Waals surface area contributed by atoms with Crippen LogP contribution in [0.25, 0.3) is 0 Å². The van der Waals surface area contributed by atoms with E-state index in [1.54, 1.807) is 13.0 Å². The molecule has 0 aromatic heterocycles. The van der Waals surface area contributed by atoms with Gasteiger partial charge in [0.15, 0.2) is 0 Å². The van der Waals surface area contributed by atoms with Crippen molar-refractivity contribution in [2.75, 3.05) is 6.54 Å². The minimum absolute atomic E-state index is 0.164. The monoisotopic (exact) mass is 410 g/mol. The van der Waals surface area contributed by atoms with Gasteiger partial charge in [0.1, 0.15) is 0 Å². The Labute approximate surface area is 129 Å². The average molecular weight is 410 g/mol. The molecule has 0 aromatic carbocycles. The molecular formula is C14H18FINO2S-. The van der Waals surface area contributed by atoms with E-state index in [4.69, 9.17) is 0 Å². The third-order valence-corrected chi connectivity index (χ3v) is 12.7. The van der Waals surface area contributed by atoms with E-state index in [1.807, 2.05) is 6.92 Å². The Morgan fingerprint density at radius 1 is 1.55 bits per heavy atom. The van der Waals surface area contributed by atoms with Gasteiger partial charge in [0, 0.05) is 0 Å². The fourth-order valence-corrected chi connectivity index (χ4v) is 10.8. The molecule has 112 valence electrons. The quantitative estimate of drug-likeness (QED) is 0.378. The molecule has 0 aromatic rings. The van der Waals surface area contributed by atoms with E-state index in [2.05, 4.69) is 12.2 Å². The van der Waals surface area contributed by atoms with Gasteiger partial charge in [-0.3, -0.25) is 0 Å².